The van der Waals surface area contributed by atoms with Crippen molar-refractivity contribution in [2.75, 3.05) is 31.7 Å². The van der Waals surface area contributed by atoms with Gasteiger partial charge in [-0.1, -0.05) is 0 Å². The molecular weight excluding hydrogens is 247 g/mol. The molecule has 1 heterocycles. The molecule has 5 nitrogen and oxygen atoms in total. The molecule has 1 atom stereocenters. The molecule has 0 aromatic carbocycles. The van der Waals surface area contributed by atoms with Crippen molar-refractivity contribution in [3.05, 3.63) is 11.8 Å². The molecule has 0 fully saturated rings. The fourth-order valence-electron chi connectivity index (χ4n) is 1.53. The van der Waals surface area contributed by atoms with Gasteiger partial charge in [0, 0.05) is 18.7 Å². The van der Waals surface area contributed by atoms with Gasteiger partial charge in [0.25, 0.3) is 0 Å². The second-order valence-electron chi connectivity index (χ2n) is 4.30. The van der Waals surface area contributed by atoms with Crippen molar-refractivity contribution < 1.29 is 13.2 Å². The summed E-state index contributed by atoms with van der Waals surface area (Å²) >= 11 is 0. The van der Waals surface area contributed by atoms with Gasteiger partial charge >= 0.3 is 6.18 Å². The third-order valence-electron chi connectivity index (χ3n) is 2.07. The van der Waals surface area contributed by atoms with Crippen LogP contribution in [0.5, 0.6) is 0 Å². The number of nitrogens with zero attached hydrogens (tertiary/aromatic N) is 3. The maximum Gasteiger partial charge on any atom is 0.433 e. The van der Waals surface area contributed by atoms with Crippen LogP contribution in [0.25, 0.3) is 0 Å². The zero-order chi connectivity index (χ0) is 13.9. The number of rotatable bonds is 4. The summed E-state index contributed by atoms with van der Waals surface area (Å²) in [5.41, 5.74) is 4.21. The van der Waals surface area contributed by atoms with Gasteiger partial charge in [-0.2, -0.15) is 18.2 Å². The first-order valence-electron chi connectivity index (χ1n) is 5.31. The number of hydrogen-bond acceptors (Lipinski definition) is 5. The molecule has 102 valence electrons. The van der Waals surface area contributed by atoms with Crippen molar-refractivity contribution in [3.8, 4) is 0 Å². The summed E-state index contributed by atoms with van der Waals surface area (Å²) in [6, 6.07) is 0.790. The molecule has 0 saturated heterocycles. The highest BCUT2D eigenvalue weighted by Crippen LogP contribution is 2.29. The number of nitrogen functional groups attached to an aromatic ring is 1. The van der Waals surface area contributed by atoms with Gasteiger partial charge in [-0.3, -0.25) is 0 Å². The molecule has 0 aliphatic rings. The van der Waals surface area contributed by atoms with Crippen LogP contribution < -0.4 is 11.1 Å². The Hall–Kier alpha value is -1.57. The monoisotopic (exact) mass is 263 g/mol. The molecule has 8 heteroatoms. The number of aromatic nitrogens is 2. The minimum atomic E-state index is -4.53. The van der Waals surface area contributed by atoms with E-state index in [1.54, 1.807) is 0 Å². The number of nitrogens with one attached hydrogen (secondary N) is 1. The van der Waals surface area contributed by atoms with Gasteiger partial charge in [0.05, 0.1) is 0 Å². The molecule has 1 aromatic heterocycles. The Kier molecular flexibility index (Phi) is 4.33. The molecule has 1 unspecified atom stereocenters. The average Bonchev–Trinajstić information content (AvgIpc) is 2.13. The number of halogens is 3. The lowest BCUT2D eigenvalue weighted by Crippen LogP contribution is -2.30. The highest BCUT2D eigenvalue weighted by atomic mass is 19.4. The van der Waals surface area contributed by atoms with Crippen LogP contribution in [0.15, 0.2) is 6.07 Å². The first-order chi connectivity index (χ1) is 8.18. The lowest BCUT2D eigenvalue weighted by atomic mass is 10.3. The number of anilines is 2. The number of alkyl halides is 3. The first-order valence-corrected chi connectivity index (χ1v) is 5.31. The van der Waals surface area contributed by atoms with Gasteiger partial charge in [-0.25, -0.2) is 4.98 Å². The van der Waals surface area contributed by atoms with Gasteiger partial charge in [0.15, 0.2) is 5.69 Å². The average molecular weight is 263 g/mol. The Bertz CT molecular complexity index is 405. The summed E-state index contributed by atoms with van der Waals surface area (Å²) < 4.78 is 37.5. The normalized spacial score (nSPS) is 13.7. The highest BCUT2D eigenvalue weighted by molar-refractivity contribution is 5.42. The van der Waals surface area contributed by atoms with E-state index in [-0.39, 0.29) is 11.9 Å². The number of nitrogens with two attached hydrogens (primary N) is 1. The van der Waals surface area contributed by atoms with E-state index < -0.39 is 17.8 Å². The smallest absolute Gasteiger partial charge is 0.368 e. The van der Waals surface area contributed by atoms with Crippen molar-refractivity contribution in [2.45, 2.75) is 19.1 Å². The topological polar surface area (TPSA) is 67.1 Å². The van der Waals surface area contributed by atoms with E-state index in [9.17, 15) is 13.2 Å². The highest BCUT2D eigenvalue weighted by Gasteiger charge is 2.33. The number of likely N-dealkylation sites (N-methyl/N-ethyl adjacent to an activating group) is 1. The molecule has 0 saturated carbocycles. The van der Waals surface area contributed by atoms with Crippen LogP contribution in [0.3, 0.4) is 0 Å². The van der Waals surface area contributed by atoms with Gasteiger partial charge in [0.2, 0.25) is 5.95 Å². The molecule has 0 radical (unpaired) electrons. The summed E-state index contributed by atoms with van der Waals surface area (Å²) in [6.07, 6.45) is -4.53. The molecule has 1 rings (SSSR count). The Morgan fingerprint density at radius 2 is 2.00 bits per heavy atom. The first kappa shape index (κ1) is 14.5. The molecule has 0 aliphatic carbocycles. The Morgan fingerprint density at radius 1 is 1.39 bits per heavy atom. The second kappa shape index (κ2) is 5.38. The second-order valence-corrected chi connectivity index (χ2v) is 4.30. The quantitative estimate of drug-likeness (QED) is 0.860. The molecule has 0 amide bonds. The van der Waals surface area contributed by atoms with E-state index in [1.165, 1.54) is 0 Å². The Labute approximate surface area is 103 Å². The van der Waals surface area contributed by atoms with E-state index >= 15 is 0 Å². The molecule has 3 N–H and O–H groups in total. The van der Waals surface area contributed by atoms with Crippen molar-refractivity contribution in [3.63, 3.8) is 0 Å². The summed E-state index contributed by atoms with van der Waals surface area (Å²) in [5, 5.41) is 2.85. The zero-order valence-corrected chi connectivity index (χ0v) is 10.4. The van der Waals surface area contributed by atoms with Crippen LogP contribution >= 0.6 is 0 Å². The SMILES string of the molecule is CC(CN(C)C)Nc1cc(C(F)(F)F)nc(N)n1. The molecule has 1 aromatic rings. The van der Waals surface area contributed by atoms with E-state index in [0.717, 1.165) is 6.07 Å². The fourth-order valence-corrected chi connectivity index (χ4v) is 1.53. The van der Waals surface area contributed by atoms with E-state index in [4.69, 9.17) is 5.73 Å². The van der Waals surface area contributed by atoms with Crippen molar-refractivity contribution in [1.82, 2.24) is 14.9 Å². The minimum Gasteiger partial charge on any atom is -0.368 e. The van der Waals surface area contributed by atoms with E-state index in [2.05, 4.69) is 15.3 Å². The molecule has 18 heavy (non-hydrogen) atoms. The van der Waals surface area contributed by atoms with Crippen molar-refractivity contribution >= 4 is 11.8 Å². The predicted octanol–water partition coefficient (Wildman–Crippen LogP) is 1.44. The third-order valence-corrected chi connectivity index (χ3v) is 2.07. The minimum absolute atomic E-state index is 0.0598. The van der Waals surface area contributed by atoms with E-state index in [0.29, 0.717) is 6.54 Å². The summed E-state index contributed by atoms with van der Waals surface area (Å²) in [4.78, 5) is 8.81. The van der Waals surface area contributed by atoms with Crippen LogP contribution in [0.4, 0.5) is 24.9 Å². The van der Waals surface area contributed by atoms with E-state index in [1.807, 2.05) is 25.9 Å². The third kappa shape index (κ3) is 4.36. The largest absolute Gasteiger partial charge is 0.433 e. The predicted molar refractivity (Wildman–Crippen MR) is 63.1 cm³/mol. The van der Waals surface area contributed by atoms with Gasteiger partial charge in [-0.05, 0) is 21.0 Å². The van der Waals surface area contributed by atoms with Crippen LogP contribution in [-0.4, -0.2) is 41.5 Å². The molecular formula is C10H16F3N5. The zero-order valence-electron chi connectivity index (χ0n) is 10.4. The van der Waals surface area contributed by atoms with Crippen LogP contribution in [-0.2, 0) is 6.18 Å². The van der Waals surface area contributed by atoms with Crippen LogP contribution in [0, 0.1) is 0 Å². The maximum atomic E-state index is 12.5. The Balaban J connectivity index is 2.87. The lowest BCUT2D eigenvalue weighted by Gasteiger charge is -2.19. The maximum absolute atomic E-state index is 12.5. The van der Waals surface area contributed by atoms with Gasteiger partial charge in [0.1, 0.15) is 5.82 Å². The summed E-state index contributed by atoms with van der Waals surface area (Å²) in [5.74, 6) is -0.325. The van der Waals surface area contributed by atoms with Crippen LogP contribution in [0.2, 0.25) is 0 Å². The summed E-state index contributed by atoms with van der Waals surface area (Å²) in [6.45, 7) is 2.50. The van der Waals surface area contributed by atoms with Crippen LogP contribution in [0.1, 0.15) is 12.6 Å². The van der Waals surface area contributed by atoms with Crippen molar-refractivity contribution in [1.29, 1.82) is 0 Å². The molecule has 0 bridgehead atoms. The van der Waals surface area contributed by atoms with Gasteiger partial charge < -0.3 is 16.0 Å². The molecule has 0 spiro atoms. The molecule has 0 aliphatic heterocycles. The lowest BCUT2D eigenvalue weighted by molar-refractivity contribution is -0.141. The standard InChI is InChI=1S/C10H16F3N5/c1-6(5-18(2)3)15-8-4-7(10(11,12)13)16-9(14)17-8/h4,6H,5H2,1-3H3,(H3,14,15,16,17). The number of hydrogen-bond donors (Lipinski definition) is 2. The van der Waals surface area contributed by atoms with Crippen molar-refractivity contribution in [2.24, 2.45) is 0 Å². The Morgan fingerprint density at radius 3 is 2.50 bits per heavy atom. The van der Waals surface area contributed by atoms with Gasteiger partial charge in [-0.15, -0.1) is 0 Å². The fraction of sp³-hybridized carbons (Fsp3) is 0.600. The summed E-state index contributed by atoms with van der Waals surface area (Å²) in [7, 11) is 3.74.